The third-order valence-electron chi connectivity index (χ3n) is 11.1. The second kappa shape index (κ2) is 10.1. The number of ether oxygens (including phenoxy) is 1. The molecule has 1 nitrogen and oxygen atoms in total. The minimum Gasteiger partial charge on any atom is -0.456 e. The average molecular weight is 565 g/mol. The van der Waals surface area contributed by atoms with Gasteiger partial charge in [0.05, 0.1) is 0 Å². The van der Waals surface area contributed by atoms with Gasteiger partial charge in [-0.15, -0.1) is 21.9 Å². The lowest BCUT2D eigenvalue weighted by atomic mass is 9.59. The second-order valence-corrected chi connectivity index (χ2v) is 13.1. The predicted molar refractivity (Wildman–Crippen MR) is 221 cm³/mol. The fourth-order valence-corrected chi connectivity index (χ4v) is 8.09. The summed E-state index contributed by atoms with van der Waals surface area (Å²) in [5, 5.41) is 7.91. The molecule has 0 N–H and O–H groups in total. The molecule has 204 valence electrons. The molecule has 0 spiro atoms. The van der Waals surface area contributed by atoms with Crippen molar-refractivity contribution >= 4 is 139 Å². The highest BCUT2D eigenvalue weighted by atomic mass is 16.5. The van der Waals surface area contributed by atoms with Crippen molar-refractivity contribution in [2.24, 2.45) is 0 Å². The monoisotopic (exact) mass is 566 g/mol. The molecule has 1 heterocycles. The highest BCUT2D eigenvalue weighted by molar-refractivity contribution is 6.71. The number of hydrogen-bond acceptors (Lipinski definition) is 1. The van der Waals surface area contributed by atoms with Crippen molar-refractivity contribution in [2.75, 3.05) is 0 Å². The van der Waals surface area contributed by atoms with Crippen molar-refractivity contribution < 1.29 is 4.74 Å². The van der Waals surface area contributed by atoms with Crippen molar-refractivity contribution in [1.82, 2.24) is 0 Å². The molecule has 0 saturated heterocycles. The molecule has 0 atom stereocenters. The van der Waals surface area contributed by atoms with E-state index in [-0.39, 0.29) is 0 Å². The molecule has 0 aliphatic carbocycles. The average Bonchev–Trinajstić information content (AvgIpc) is 3.07. The van der Waals surface area contributed by atoms with Gasteiger partial charge in [-0.3, -0.25) is 0 Å². The van der Waals surface area contributed by atoms with Gasteiger partial charge in [0.15, 0.2) is 0 Å². The Kier molecular flexibility index (Phi) is 6.30. The first-order chi connectivity index (χ1) is 21.7. The third kappa shape index (κ3) is 3.80. The quantitative estimate of drug-likeness (QED) is 0.155. The summed E-state index contributed by atoms with van der Waals surface area (Å²) in [5.41, 5.74) is 18.6. The van der Waals surface area contributed by atoms with Crippen LogP contribution in [0.4, 0.5) is 0 Å². The molecular formula is C36H30B8O. The van der Waals surface area contributed by atoms with Gasteiger partial charge in [0.1, 0.15) is 74.3 Å². The van der Waals surface area contributed by atoms with Crippen LogP contribution in [0.3, 0.4) is 0 Å². The van der Waals surface area contributed by atoms with Gasteiger partial charge in [-0.25, -0.2) is 0 Å². The summed E-state index contributed by atoms with van der Waals surface area (Å²) >= 11 is 0. The van der Waals surface area contributed by atoms with Gasteiger partial charge in [0, 0.05) is 10.9 Å². The van der Waals surface area contributed by atoms with Crippen LogP contribution in [0, 0.1) is 0 Å². The molecular weight excluding hydrogens is 535 g/mol. The Morgan fingerprint density at radius 1 is 0.333 bits per heavy atom. The van der Waals surface area contributed by atoms with Crippen LogP contribution in [0.25, 0.3) is 65.7 Å². The smallest absolute Gasteiger partial charge is 0.139 e. The van der Waals surface area contributed by atoms with E-state index in [0.29, 0.717) is 0 Å². The molecule has 7 aromatic carbocycles. The first-order valence-corrected chi connectivity index (χ1v) is 16.1. The molecule has 0 saturated carbocycles. The van der Waals surface area contributed by atoms with Crippen molar-refractivity contribution in [3.05, 3.63) is 84.9 Å². The number of benzene rings is 7. The Balaban J connectivity index is 1.68. The number of rotatable bonds is 2. The van der Waals surface area contributed by atoms with Crippen molar-refractivity contribution in [1.29, 1.82) is 0 Å². The number of hydrogen-bond donors (Lipinski definition) is 0. The van der Waals surface area contributed by atoms with E-state index in [4.69, 9.17) is 4.74 Å². The molecule has 0 amide bonds. The maximum atomic E-state index is 6.55. The van der Waals surface area contributed by atoms with E-state index < -0.39 is 0 Å². The Morgan fingerprint density at radius 3 is 1.44 bits per heavy atom. The molecule has 9 heteroatoms. The van der Waals surface area contributed by atoms with Gasteiger partial charge >= 0.3 is 0 Å². The zero-order chi connectivity index (χ0) is 31.3. The summed E-state index contributed by atoms with van der Waals surface area (Å²) in [6.07, 6.45) is 0. The van der Waals surface area contributed by atoms with Gasteiger partial charge in [0.25, 0.3) is 0 Å². The minimum atomic E-state index is 0.920. The van der Waals surface area contributed by atoms with E-state index in [0.717, 1.165) is 17.1 Å². The molecule has 45 heavy (non-hydrogen) atoms. The molecule has 0 radical (unpaired) electrons. The topological polar surface area (TPSA) is 9.23 Å². The van der Waals surface area contributed by atoms with Crippen LogP contribution in [-0.2, 0) is 0 Å². The van der Waals surface area contributed by atoms with Crippen LogP contribution in [0.5, 0.6) is 11.5 Å². The Hall–Kier alpha value is -4.36. The highest BCUT2D eigenvalue weighted by Gasteiger charge is 2.27. The van der Waals surface area contributed by atoms with Crippen LogP contribution in [-0.4, -0.2) is 62.8 Å². The van der Waals surface area contributed by atoms with Gasteiger partial charge in [-0.1, -0.05) is 88.6 Å². The van der Waals surface area contributed by atoms with Crippen molar-refractivity contribution in [3.63, 3.8) is 0 Å². The lowest BCUT2D eigenvalue weighted by molar-refractivity contribution is 0.487. The maximum absolute atomic E-state index is 6.55. The fraction of sp³-hybridized carbons (Fsp3) is 0. The predicted octanol–water partition coefficient (Wildman–Crippen LogP) is -3.68. The minimum absolute atomic E-state index is 0.920. The van der Waals surface area contributed by atoms with Crippen LogP contribution in [0.1, 0.15) is 0 Å². The molecule has 8 rings (SSSR count). The summed E-state index contributed by atoms with van der Waals surface area (Å²) < 4.78 is 6.55. The van der Waals surface area contributed by atoms with Crippen LogP contribution < -0.4 is 48.4 Å². The zero-order valence-electron chi connectivity index (χ0n) is 27.5. The first-order valence-electron chi connectivity index (χ1n) is 16.1. The lowest BCUT2D eigenvalue weighted by Crippen LogP contribution is -2.50. The van der Waals surface area contributed by atoms with Gasteiger partial charge in [-0.05, 0) is 72.9 Å². The molecule has 1 aliphatic heterocycles. The summed E-state index contributed by atoms with van der Waals surface area (Å²) in [7, 11) is 18.5. The lowest BCUT2D eigenvalue weighted by Gasteiger charge is -2.29. The highest BCUT2D eigenvalue weighted by Crippen LogP contribution is 2.50. The van der Waals surface area contributed by atoms with Gasteiger partial charge < -0.3 is 4.74 Å². The third-order valence-corrected chi connectivity index (χ3v) is 11.1. The fourth-order valence-electron chi connectivity index (χ4n) is 8.09. The molecule has 0 bridgehead atoms. The first kappa shape index (κ1) is 28.1. The molecule has 7 aromatic rings. The summed E-state index contributed by atoms with van der Waals surface area (Å²) in [4.78, 5) is 0. The molecule has 1 aliphatic rings. The summed E-state index contributed by atoms with van der Waals surface area (Å²) in [5.74, 6) is 1.85. The summed E-state index contributed by atoms with van der Waals surface area (Å²) in [6, 6.07) is 30.8. The Bertz CT molecular complexity index is 2360. The van der Waals surface area contributed by atoms with Crippen LogP contribution in [0.2, 0.25) is 0 Å². The molecule has 0 aromatic heterocycles. The Morgan fingerprint density at radius 2 is 0.844 bits per heavy atom. The van der Waals surface area contributed by atoms with Crippen LogP contribution >= 0.6 is 0 Å². The van der Waals surface area contributed by atoms with Gasteiger partial charge in [-0.2, -0.15) is 0 Å². The van der Waals surface area contributed by atoms with Crippen molar-refractivity contribution in [2.45, 2.75) is 0 Å². The van der Waals surface area contributed by atoms with E-state index in [1.165, 1.54) is 104 Å². The standard InChI is InChI=1S/C36H30B8O/c37-29-25-22(15-7-2-1-3-8-15)26-28(32(40)36(44)34(42)30(26)38)24(27(25)31(39)35(43)33(29)41)19-13-14-21-23-17(10-6-11-18(19)23)16-9-4-5-12-20(16)45-21/h1-14H,37-44H2. The molecule has 0 fully saturated rings. The number of fused-ring (bicyclic) bond motifs is 4. The van der Waals surface area contributed by atoms with E-state index in [1.807, 2.05) is 0 Å². The Labute approximate surface area is 272 Å². The number of para-hydroxylation sites is 1. The molecule has 0 unspecified atom stereocenters. The zero-order valence-corrected chi connectivity index (χ0v) is 27.5. The van der Waals surface area contributed by atoms with E-state index in [9.17, 15) is 0 Å². The SMILES string of the molecule is Bc1c(B)c(B)c2c(-c3ccc4c5c(cccc35)-c3ccccc3O4)c3c(B)c(B)c(B)c(B)c3c(-c3ccccc3)c2c1B. The summed E-state index contributed by atoms with van der Waals surface area (Å²) in [6.45, 7) is 0. The van der Waals surface area contributed by atoms with E-state index in [1.54, 1.807) is 0 Å². The normalized spacial score (nSPS) is 12.0. The van der Waals surface area contributed by atoms with Crippen molar-refractivity contribution in [3.8, 4) is 44.9 Å². The van der Waals surface area contributed by atoms with E-state index in [2.05, 4.69) is 148 Å². The second-order valence-electron chi connectivity index (χ2n) is 13.1. The maximum Gasteiger partial charge on any atom is 0.139 e. The van der Waals surface area contributed by atoms with Gasteiger partial charge in [0.2, 0.25) is 0 Å². The van der Waals surface area contributed by atoms with E-state index >= 15 is 0 Å². The van der Waals surface area contributed by atoms with Crippen LogP contribution in [0.15, 0.2) is 84.9 Å². The largest absolute Gasteiger partial charge is 0.456 e.